The Labute approximate surface area is 118 Å². The Morgan fingerprint density at radius 2 is 1.80 bits per heavy atom. The van der Waals surface area contributed by atoms with Crippen molar-refractivity contribution in [2.75, 3.05) is 13.1 Å². The molecule has 112 valence electrons. The van der Waals surface area contributed by atoms with Gasteiger partial charge in [0.25, 0.3) is 0 Å². The molecule has 6 heteroatoms. The fraction of sp³-hybridized carbons (Fsp3) is 0.571. The van der Waals surface area contributed by atoms with Gasteiger partial charge in [0.15, 0.2) is 0 Å². The van der Waals surface area contributed by atoms with Gasteiger partial charge in [0.05, 0.1) is 4.90 Å². The summed E-state index contributed by atoms with van der Waals surface area (Å²) < 4.78 is 52.3. The molecule has 1 aliphatic rings. The topological polar surface area (TPSA) is 46.2 Å². The summed E-state index contributed by atoms with van der Waals surface area (Å²) in [6.07, 6.45) is 0.990. The van der Waals surface area contributed by atoms with E-state index in [1.54, 1.807) is 0 Å². The first kappa shape index (κ1) is 15.4. The molecular weight excluding hydrogens is 284 g/mol. The molecule has 0 amide bonds. The van der Waals surface area contributed by atoms with Gasteiger partial charge in [-0.3, -0.25) is 0 Å². The van der Waals surface area contributed by atoms with Crippen LogP contribution in [0.25, 0.3) is 0 Å². The number of piperidine rings is 1. The number of hydrogen-bond donors (Lipinski definition) is 1. The minimum atomic E-state index is -4.08. The maximum Gasteiger partial charge on any atom is 0.215 e. The van der Waals surface area contributed by atoms with Crippen LogP contribution in [-0.4, -0.2) is 26.5 Å². The third kappa shape index (κ3) is 2.72. The smallest absolute Gasteiger partial charge is 0.215 e. The van der Waals surface area contributed by atoms with Crippen molar-refractivity contribution in [3.8, 4) is 0 Å². The van der Waals surface area contributed by atoms with Crippen LogP contribution < -0.4 is 5.32 Å². The predicted molar refractivity (Wildman–Crippen MR) is 73.5 cm³/mol. The molecule has 0 aromatic heterocycles. The number of benzene rings is 1. The molecule has 2 rings (SSSR count). The van der Waals surface area contributed by atoms with E-state index in [4.69, 9.17) is 0 Å². The highest BCUT2D eigenvalue weighted by atomic mass is 32.2. The van der Waals surface area contributed by atoms with Gasteiger partial charge in [-0.05, 0) is 50.6 Å². The lowest BCUT2D eigenvalue weighted by Crippen LogP contribution is -2.44. The van der Waals surface area contributed by atoms with E-state index in [1.807, 2.05) is 0 Å². The van der Waals surface area contributed by atoms with Crippen LogP contribution >= 0.6 is 0 Å². The zero-order valence-corrected chi connectivity index (χ0v) is 12.2. The Bertz CT molecular complexity index is 549. The monoisotopic (exact) mass is 303 g/mol. The number of rotatable bonds is 4. The average molecular weight is 303 g/mol. The van der Waals surface area contributed by atoms with Gasteiger partial charge in [-0.2, -0.15) is 0 Å². The molecule has 1 heterocycles. The summed E-state index contributed by atoms with van der Waals surface area (Å²) in [4.78, 5) is -0.0850. The number of nitrogens with one attached hydrogen (secondary N) is 1. The first-order valence-electron chi connectivity index (χ1n) is 6.69. The van der Waals surface area contributed by atoms with Crippen LogP contribution in [0.3, 0.4) is 0 Å². The molecule has 0 aliphatic carbocycles. The van der Waals surface area contributed by atoms with Gasteiger partial charge in [-0.1, -0.05) is 12.1 Å². The zero-order valence-electron chi connectivity index (χ0n) is 11.4. The van der Waals surface area contributed by atoms with E-state index >= 15 is 0 Å². The highest BCUT2D eigenvalue weighted by Gasteiger charge is 2.47. The van der Waals surface area contributed by atoms with Gasteiger partial charge in [0.1, 0.15) is 6.67 Å². The van der Waals surface area contributed by atoms with Crippen molar-refractivity contribution in [2.24, 2.45) is 5.92 Å². The summed E-state index contributed by atoms with van der Waals surface area (Å²) in [6.45, 7) is 1.73. The van der Waals surface area contributed by atoms with E-state index in [-0.39, 0.29) is 4.90 Å². The third-order valence-corrected chi connectivity index (χ3v) is 6.26. The van der Waals surface area contributed by atoms with E-state index in [9.17, 15) is 17.2 Å². The molecule has 0 bridgehead atoms. The van der Waals surface area contributed by atoms with E-state index in [1.165, 1.54) is 24.3 Å². The molecule has 1 atom stereocenters. The van der Waals surface area contributed by atoms with E-state index in [0.717, 1.165) is 6.92 Å². The molecule has 1 saturated heterocycles. The molecule has 1 N–H and O–H groups in total. The van der Waals surface area contributed by atoms with Gasteiger partial charge in [0, 0.05) is 5.92 Å². The van der Waals surface area contributed by atoms with Crippen LogP contribution in [0, 0.1) is 5.92 Å². The lowest BCUT2D eigenvalue weighted by atomic mass is 9.93. The second-order valence-corrected chi connectivity index (χ2v) is 7.57. The van der Waals surface area contributed by atoms with Crippen LogP contribution in [0.5, 0.6) is 0 Å². The molecule has 0 spiro atoms. The van der Waals surface area contributed by atoms with E-state index < -0.39 is 27.4 Å². The van der Waals surface area contributed by atoms with Crippen molar-refractivity contribution < 1.29 is 17.2 Å². The highest BCUT2D eigenvalue weighted by molar-refractivity contribution is 7.92. The summed E-state index contributed by atoms with van der Waals surface area (Å²) in [5.41, 5.74) is 0.381. The van der Waals surface area contributed by atoms with Gasteiger partial charge in [-0.15, -0.1) is 0 Å². The van der Waals surface area contributed by atoms with Gasteiger partial charge in [0.2, 0.25) is 14.8 Å². The summed E-state index contributed by atoms with van der Waals surface area (Å²) in [6, 6.07) is 5.32. The molecule has 1 aromatic carbocycles. The molecule has 20 heavy (non-hydrogen) atoms. The average Bonchev–Trinajstić information content (AvgIpc) is 2.48. The van der Waals surface area contributed by atoms with Crippen molar-refractivity contribution in [3.63, 3.8) is 0 Å². The maximum atomic E-state index is 14.9. The summed E-state index contributed by atoms with van der Waals surface area (Å²) in [7, 11) is -4.08. The molecule has 1 aromatic rings. The molecule has 0 radical (unpaired) electrons. The minimum Gasteiger partial charge on any atom is -0.317 e. The second kappa shape index (κ2) is 5.77. The van der Waals surface area contributed by atoms with E-state index in [2.05, 4.69) is 5.32 Å². The Hall–Kier alpha value is -1.01. The van der Waals surface area contributed by atoms with E-state index in [0.29, 0.717) is 31.5 Å². The SMILES string of the molecule is CC(F)(C1CCNCC1)S(=O)(=O)c1ccc(CF)cc1. The van der Waals surface area contributed by atoms with Crippen molar-refractivity contribution in [1.29, 1.82) is 0 Å². The van der Waals surface area contributed by atoms with Crippen molar-refractivity contribution in [3.05, 3.63) is 29.8 Å². The number of sulfone groups is 1. The normalized spacial score (nSPS) is 20.6. The lowest BCUT2D eigenvalue weighted by molar-refractivity contribution is 0.159. The zero-order chi connectivity index (χ0) is 14.8. The summed E-state index contributed by atoms with van der Waals surface area (Å²) >= 11 is 0. The number of alkyl halides is 2. The molecule has 1 fully saturated rings. The summed E-state index contributed by atoms with van der Waals surface area (Å²) in [5.74, 6) is -0.519. The fourth-order valence-corrected chi connectivity index (χ4v) is 4.17. The van der Waals surface area contributed by atoms with Crippen LogP contribution in [0.15, 0.2) is 29.2 Å². The van der Waals surface area contributed by atoms with Crippen molar-refractivity contribution in [1.82, 2.24) is 5.32 Å². The van der Waals surface area contributed by atoms with Crippen molar-refractivity contribution >= 4 is 9.84 Å². The van der Waals surface area contributed by atoms with Gasteiger partial charge >= 0.3 is 0 Å². The molecular formula is C14H19F2NO2S. The number of halogens is 2. The minimum absolute atomic E-state index is 0.0850. The van der Waals surface area contributed by atoms with Gasteiger partial charge < -0.3 is 5.32 Å². The fourth-order valence-electron chi connectivity index (χ4n) is 2.55. The van der Waals surface area contributed by atoms with Crippen LogP contribution in [-0.2, 0) is 16.5 Å². The molecule has 3 nitrogen and oxygen atoms in total. The standard InChI is InChI=1S/C14H19F2NO2S/c1-14(16,12-6-8-17-9-7-12)20(18,19)13-4-2-11(10-15)3-5-13/h2-5,12,17H,6-10H2,1H3. The van der Waals surface area contributed by atoms with Crippen LogP contribution in [0.4, 0.5) is 8.78 Å². The lowest BCUT2D eigenvalue weighted by Gasteiger charge is -2.33. The van der Waals surface area contributed by atoms with Crippen molar-refractivity contribution in [2.45, 2.75) is 36.3 Å². The Kier molecular flexibility index (Phi) is 4.44. The van der Waals surface area contributed by atoms with Gasteiger partial charge in [-0.25, -0.2) is 17.2 Å². The molecule has 0 saturated carbocycles. The first-order chi connectivity index (χ1) is 9.39. The Morgan fingerprint density at radius 3 is 2.30 bits per heavy atom. The Morgan fingerprint density at radius 1 is 1.25 bits per heavy atom. The third-order valence-electron chi connectivity index (χ3n) is 3.98. The van der Waals surface area contributed by atoms with Crippen LogP contribution in [0.2, 0.25) is 0 Å². The summed E-state index contributed by atoms with van der Waals surface area (Å²) in [5, 5.41) is 0.791. The highest BCUT2D eigenvalue weighted by Crippen LogP contribution is 2.38. The van der Waals surface area contributed by atoms with Crippen LogP contribution in [0.1, 0.15) is 25.3 Å². The second-order valence-electron chi connectivity index (χ2n) is 5.29. The molecule has 1 unspecified atom stereocenters. The Balaban J connectivity index is 2.31. The number of hydrogen-bond acceptors (Lipinski definition) is 3. The quantitative estimate of drug-likeness (QED) is 0.930. The predicted octanol–water partition coefficient (Wildman–Crippen LogP) is 2.62. The molecule has 1 aliphatic heterocycles. The largest absolute Gasteiger partial charge is 0.317 e. The first-order valence-corrected chi connectivity index (χ1v) is 8.17. The maximum absolute atomic E-state index is 14.9.